The molecule has 0 heterocycles. The molecule has 1 aromatic carbocycles. The van der Waals surface area contributed by atoms with Crippen molar-refractivity contribution in [3.63, 3.8) is 0 Å². The van der Waals surface area contributed by atoms with Gasteiger partial charge in [0, 0.05) is 6.21 Å². The van der Waals surface area contributed by atoms with Crippen molar-refractivity contribution in [3.05, 3.63) is 29.3 Å². The monoisotopic (exact) mass is 161 g/mol. The second-order valence-electron chi connectivity index (χ2n) is 2.86. The van der Waals surface area contributed by atoms with Gasteiger partial charge in [-0.25, -0.2) is 0 Å². The van der Waals surface area contributed by atoms with Gasteiger partial charge in [-0.15, -0.1) is 0 Å². The fraction of sp³-hybridized carbons (Fsp3) is 0.364. The van der Waals surface area contributed by atoms with Gasteiger partial charge in [0.1, 0.15) is 0 Å². The van der Waals surface area contributed by atoms with Crippen LogP contribution in [0.5, 0.6) is 0 Å². The van der Waals surface area contributed by atoms with Crippen LogP contribution in [0.4, 0.5) is 5.69 Å². The molecule has 0 spiro atoms. The molecule has 0 bridgehead atoms. The van der Waals surface area contributed by atoms with Crippen LogP contribution in [-0.2, 0) is 6.42 Å². The van der Waals surface area contributed by atoms with Crippen LogP contribution in [0.15, 0.2) is 23.2 Å². The molecule has 0 aliphatic carbocycles. The first kappa shape index (κ1) is 8.98. The Morgan fingerprint density at radius 2 is 2.17 bits per heavy atom. The first-order chi connectivity index (χ1) is 5.77. The van der Waals surface area contributed by atoms with Crippen LogP contribution in [0.3, 0.4) is 0 Å². The summed E-state index contributed by atoms with van der Waals surface area (Å²) in [7, 11) is 0. The number of aryl methyl sites for hydroxylation is 2. The molecule has 12 heavy (non-hydrogen) atoms. The highest BCUT2D eigenvalue weighted by atomic mass is 14.7. The van der Waals surface area contributed by atoms with Crippen molar-refractivity contribution in [1.82, 2.24) is 0 Å². The molecule has 1 nitrogen and oxygen atoms in total. The summed E-state index contributed by atoms with van der Waals surface area (Å²) in [5.74, 6) is 0. The zero-order valence-corrected chi connectivity index (χ0v) is 7.96. The summed E-state index contributed by atoms with van der Waals surface area (Å²) in [5, 5.41) is 0. The average Bonchev–Trinajstić information content (AvgIpc) is 2.09. The Kier molecular flexibility index (Phi) is 3.03. The van der Waals surface area contributed by atoms with Gasteiger partial charge in [-0.2, -0.15) is 0 Å². The van der Waals surface area contributed by atoms with Crippen molar-refractivity contribution >= 4 is 11.9 Å². The normalized spacial score (nSPS) is 10.9. The van der Waals surface area contributed by atoms with Gasteiger partial charge in [0.15, 0.2) is 0 Å². The van der Waals surface area contributed by atoms with Gasteiger partial charge in [0.2, 0.25) is 0 Å². The fourth-order valence-electron chi connectivity index (χ4n) is 1.15. The van der Waals surface area contributed by atoms with E-state index < -0.39 is 0 Å². The summed E-state index contributed by atoms with van der Waals surface area (Å²) in [6, 6.07) is 6.43. The van der Waals surface area contributed by atoms with E-state index in [4.69, 9.17) is 0 Å². The molecule has 0 aliphatic heterocycles. The SMILES string of the molecule is CC=Nc1cc(CC)ccc1C. The first-order valence-electron chi connectivity index (χ1n) is 4.36. The largest absolute Gasteiger partial charge is 0.261 e. The van der Waals surface area contributed by atoms with E-state index in [0.717, 1.165) is 12.1 Å². The van der Waals surface area contributed by atoms with Gasteiger partial charge in [0.05, 0.1) is 5.69 Å². The highest BCUT2D eigenvalue weighted by Crippen LogP contribution is 2.19. The first-order valence-corrected chi connectivity index (χ1v) is 4.36. The van der Waals surface area contributed by atoms with Crippen molar-refractivity contribution < 1.29 is 0 Å². The molecule has 1 rings (SSSR count). The number of hydrogen-bond acceptors (Lipinski definition) is 1. The van der Waals surface area contributed by atoms with Gasteiger partial charge < -0.3 is 0 Å². The Labute approximate surface area is 74.2 Å². The number of rotatable bonds is 2. The van der Waals surface area contributed by atoms with Crippen LogP contribution < -0.4 is 0 Å². The zero-order valence-electron chi connectivity index (χ0n) is 7.96. The maximum absolute atomic E-state index is 4.29. The minimum absolute atomic E-state index is 1.08. The topological polar surface area (TPSA) is 12.4 Å². The molecule has 0 unspecified atom stereocenters. The molecule has 0 radical (unpaired) electrons. The van der Waals surface area contributed by atoms with Crippen LogP contribution in [-0.4, -0.2) is 6.21 Å². The van der Waals surface area contributed by atoms with Crippen LogP contribution in [0.1, 0.15) is 25.0 Å². The van der Waals surface area contributed by atoms with Crippen molar-refractivity contribution in [2.75, 3.05) is 0 Å². The Hall–Kier alpha value is -1.11. The Morgan fingerprint density at radius 3 is 2.75 bits per heavy atom. The van der Waals surface area contributed by atoms with E-state index in [1.165, 1.54) is 11.1 Å². The molecule has 0 aliphatic rings. The molecule has 1 heteroatoms. The minimum atomic E-state index is 1.08. The maximum atomic E-state index is 4.29. The second kappa shape index (κ2) is 4.05. The molecular weight excluding hydrogens is 146 g/mol. The lowest BCUT2D eigenvalue weighted by Crippen LogP contribution is -1.81. The predicted molar refractivity (Wildman–Crippen MR) is 54.4 cm³/mol. The molecule has 0 saturated carbocycles. The zero-order chi connectivity index (χ0) is 8.97. The summed E-state index contributed by atoms with van der Waals surface area (Å²) < 4.78 is 0. The number of nitrogens with zero attached hydrogens (tertiary/aromatic N) is 1. The lowest BCUT2D eigenvalue weighted by Gasteiger charge is -2.01. The lowest BCUT2D eigenvalue weighted by molar-refractivity contribution is 1.13. The standard InChI is InChI=1S/C11H15N/c1-4-10-7-6-9(3)11(8-10)12-5-2/h5-8H,4H2,1-3H3. The molecule has 0 fully saturated rings. The van der Waals surface area contributed by atoms with Crippen molar-refractivity contribution in [3.8, 4) is 0 Å². The van der Waals surface area contributed by atoms with Gasteiger partial charge in [-0.3, -0.25) is 4.99 Å². The quantitative estimate of drug-likeness (QED) is 0.590. The van der Waals surface area contributed by atoms with E-state index in [2.05, 4.69) is 37.0 Å². The number of aliphatic imine (C=N–C) groups is 1. The van der Waals surface area contributed by atoms with Crippen molar-refractivity contribution in [2.24, 2.45) is 4.99 Å². The summed E-state index contributed by atoms with van der Waals surface area (Å²) in [4.78, 5) is 4.29. The Bertz CT molecular complexity index is 287. The van der Waals surface area contributed by atoms with E-state index in [0.29, 0.717) is 0 Å². The van der Waals surface area contributed by atoms with Crippen molar-refractivity contribution in [1.29, 1.82) is 0 Å². The third-order valence-corrected chi connectivity index (χ3v) is 1.95. The highest BCUT2D eigenvalue weighted by molar-refractivity contribution is 5.62. The summed E-state index contributed by atoms with van der Waals surface area (Å²) >= 11 is 0. The molecule has 0 saturated heterocycles. The summed E-state index contributed by atoms with van der Waals surface area (Å²) in [5.41, 5.74) is 3.68. The van der Waals surface area contributed by atoms with E-state index >= 15 is 0 Å². The Balaban J connectivity index is 3.08. The van der Waals surface area contributed by atoms with Crippen LogP contribution in [0.25, 0.3) is 0 Å². The van der Waals surface area contributed by atoms with E-state index in [9.17, 15) is 0 Å². The van der Waals surface area contributed by atoms with Gasteiger partial charge in [-0.05, 0) is 37.5 Å². The average molecular weight is 161 g/mol. The lowest BCUT2D eigenvalue weighted by atomic mass is 10.1. The molecule has 0 amide bonds. The van der Waals surface area contributed by atoms with E-state index in [-0.39, 0.29) is 0 Å². The predicted octanol–water partition coefficient (Wildman–Crippen LogP) is 3.28. The van der Waals surface area contributed by atoms with Crippen LogP contribution >= 0.6 is 0 Å². The molecule has 64 valence electrons. The minimum Gasteiger partial charge on any atom is -0.261 e. The maximum Gasteiger partial charge on any atom is 0.0657 e. The van der Waals surface area contributed by atoms with Crippen molar-refractivity contribution in [2.45, 2.75) is 27.2 Å². The highest BCUT2D eigenvalue weighted by Gasteiger charge is 1.95. The second-order valence-corrected chi connectivity index (χ2v) is 2.86. The van der Waals surface area contributed by atoms with E-state index in [1.807, 2.05) is 13.1 Å². The summed E-state index contributed by atoms with van der Waals surface area (Å²) in [6.07, 6.45) is 2.91. The van der Waals surface area contributed by atoms with Gasteiger partial charge >= 0.3 is 0 Å². The smallest absolute Gasteiger partial charge is 0.0657 e. The van der Waals surface area contributed by atoms with Crippen LogP contribution in [0.2, 0.25) is 0 Å². The fourth-order valence-corrected chi connectivity index (χ4v) is 1.15. The molecule has 0 N–H and O–H groups in total. The number of hydrogen-bond donors (Lipinski definition) is 0. The molecular formula is C11H15N. The van der Waals surface area contributed by atoms with Crippen LogP contribution in [0, 0.1) is 6.92 Å². The molecule has 0 aromatic heterocycles. The summed E-state index contributed by atoms with van der Waals surface area (Å²) in [6.45, 7) is 6.18. The third-order valence-electron chi connectivity index (χ3n) is 1.95. The third kappa shape index (κ3) is 1.94. The molecule has 1 aromatic rings. The Morgan fingerprint density at radius 1 is 1.42 bits per heavy atom. The van der Waals surface area contributed by atoms with Gasteiger partial charge in [0.25, 0.3) is 0 Å². The van der Waals surface area contributed by atoms with Gasteiger partial charge in [-0.1, -0.05) is 19.1 Å². The molecule has 0 atom stereocenters. The van der Waals surface area contributed by atoms with E-state index in [1.54, 1.807) is 0 Å². The number of benzene rings is 1.